The summed E-state index contributed by atoms with van der Waals surface area (Å²) in [5, 5.41) is 15.6. The first kappa shape index (κ1) is 25.4. The largest absolute Gasteiger partial charge is 0.469 e. The average molecular weight is 469 g/mol. The first-order valence-corrected chi connectivity index (χ1v) is 11.4. The van der Waals surface area contributed by atoms with Crippen molar-refractivity contribution in [1.29, 1.82) is 5.26 Å². The number of likely N-dealkylation sites (tertiary alicyclic amines) is 1. The standard InChI is InChI=1S/C25H33FN6O2/c1-16-7-8-18(11-17(16)14-27)30-23-28-15-20(26)22(31-23)29-19-12-24(2,3)32(25(4,5)13-19)10-9-21(33)34-6/h7-8,11,15,19H,9-10,12-13H2,1-6H3,(H2,28,29,30,31). The molecule has 0 aliphatic carbocycles. The van der Waals surface area contributed by atoms with Gasteiger partial charge in [0.25, 0.3) is 0 Å². The summed E-state index contributed by atoms with van der Waals surface area (Å²) >= 11 is 0. The molecule has 0 spiro atoms. The molecule has 2 heterocycles. The Morgan fingerprint density at radius 2 is 1.97 bits per heavy atom. The highest BCUT2D eigenvalue weighted by Crippen LogP contribution is 2.39. The number of piperidine rings is 1. The average Bonchev–Trinajstić information content (AvgIpc) is 2.75. The highest BCUT2D eigenvalue weighted by atomic mass is 19.1. The van der Waals surface area contributed by atoms with Crippen molar-refractivity contribution in [2.75, 3.05) is 24.3 Å². The second-order valence-corrected chi connectivity index (χ2v) is 10.0. The smallest absolute Gasteiger partial charge is 0.306 e. The molecular weight excluding hydrogens is 435 g/mol. The second kappa shape index (κ2) is 9.94. The van der Waals surface area contributed by atoms with Crippen molar-refractivity contribution in [3.8, 4) is 6.07 Å². The molecule has 0 atom stereocenters. The third-order valence-corrected chi connectivity index (χ3v) is 6.42. The number of halogens is 1. The molecule has 1 aliphatic heterocycles. The number of hydrogen-bond acceptors (Lipinski definition) is 8. The van der Waals surface area contributed by atoms with Gasteiger partial charge in [-0.05, 0) is 65.2 Å². The van der Waals surface area contributed by atoms with Gasteiger partial charge in [0.15, 0.2) is 11.6 Å². The predicted octanol–water partition coefficient (Wildman–Crippen LogP) is 4.54. The Bertz CT molecular complexity index is 1080. The van der Waals surface area contributed by atoms with E-state index in [2.05, 4.69) is 59.3 Å². The van der Waals surface area contributed by atoms with Gasteiger partial charge in [-0.3, -0.25) is 9.69 Å². The maximum absolute atomic E-state index is 14.6. The lowest BCUT2D eigenvalue weighted by Crippen LogP contribution is -2.63. The van der Waals surface area contributed by atoms with Crippen LogP contribution in [0.3, 0.4) is 0 Å². The molecule has 1 aromatic heterocycles. The first-order valence-electron chi connectivity index (χ1n) is 11.4. The van der Waals surface area contributed by atoms with E-state index in [4.69, 9.17) is 4.74 Å². The van der Waals surface area contributed by atoms with E-state index < -0.39 is 5.82 Å². The number of aromatic nitrogens is 2. The third kappa shape index (κ3) is 5.81. The number of methoxy groups -OCH3 is 1. The van der Waals surface area contributed by atoms with Crippen LogP contribution in [0.1, 0.15) is 58.1 Å². The van der Waals surface area contributed by atoms with Gasteiger partial charge in [-0.1, -0.05) is 6.07 Å². The monoisotopic (exact) mass is 468 g/mol. The molecule has 1 aliphatic rings. The Balaban J connectivity index is 1.75. The number of nitrogens with zero attached hydrogens (tertiary/aromatic N) is 4. The Morgan fingerprint density at radius 3 is 2.59 bits per heavy atom. The number of nitrogens with one attached hydrogen (secondary N) is 2. The number of aryl methyl sites for hydroxylation is 1. The van der Waals surface area contributed by atoms with E-state index in [0.717, 1.165) is 24.6 Å². The fourth-order valence-corrected chi connectivity index (χ4v) is 5.00. The molecule has 0 amide bonds. The number of ether oxygens (including phenoxy) is 1. The van der Waals surface area contributed by atoms with E-state index in [-0.39, 0.29) is 34.9 Å². The van der Waals surface area contributed by atoms with Crippen LogP contribution in [-0.2, 0) is 9.53 Å². The summed E-state index contributed by atoms with van der Waals surface area (Å²) in [5.41, 5.74) is 1.62. The van der Waals surface area contributed by atoms with Crippen LogP contribution in [0.25, 0.3) is 0 Å². The van der Waals surface area contributed by atoms with E-state index in [9.17, 15) is 14.4 Å². The maximum Gasteiger partial charge on any atom is 0.306 e. The molecule has 0 saturated carbocycles. The lowest BCUT2D eigenvalue weighted by atomic mass is 9.76. The van der Waals surface area contributed by atoms with Crippen LogP contribution in [0, 0.1) is 24.1 Å². The lowest BCUT2D eigenvalue weighted by molar-refractivity contribution is -0.142. The molecule has 0 radical (unpaired) electrons. The van der Waals surface area contributed by atoms with Crippen LogP contribution in [0.2, 0.25) is 0 Å². The zero-order valence-electron chi connectivity index (χ0n) is 20.7. The van der Waals surface area contributed by atoms with Crippen molar-refractivity contribution in [3.05, 3.63) is 41.3 Å². The molecule has 1 aromatic carbocycles. The van der Waals surface area contributed by atoms with Crippen molar-refractivity contribution in [2.24, 2.45) is 0 Å². The third-order valence-electron chi connectivity index (χ3n) is 6.42. The van der Waals surface area contributed by atoms with Gasteiger partial charge in [-0.2, -0.15) is 10.2 Å². The van der Waals surface area contributed by atoms with E-state index in [0.29, 0.717) is 24.2 Å². The number of esters is 1. The second-order valence-electron chi connectivity index (χ2n) is 10.0. The van der Waals surface area contributed by atoms with Crippen molar-refractivity contribution >= 4 is 23.4 Å². The van der Waals surface area contributed by atoms with Crippen LogP contribution in [0.5, 0.6) is 0 Å². The molecular formula is C25H33FN6O2. The number of rotatable bonds is 7. The highest BCUT2D eigenvalue weighted by Gasteiger charge is 2.45. The molecule has 8 nitrogen and oxygen atoms in total. The van der Waals surface area contributed by atoms with Gasteiger partial charge in [0.2, 0.25) is 5.95 Å². The first-order chi connectivity index (χ1) is 15.9. The van der Waals surface area contributed by atoms with E-state index in [1.165, 1.54) is 7.11 Å². The van der Waals surface area contributed by atoms with Crippen molar-refractivity contribution < 1.29 is 13.9 Å². The van der Waals surface area contributed by atoms with Gasteiger partial charge < -0.3 is 15.4 Å². The minimum absolute atomic E-state index is 0.0267. The molecule has 0 unspecified atom stereocenters. The molecule has 1 fully saturated rings. The Labute approximate surface area is 200 Å². The number of benzene rings is 1. The quantitative estimate of drug-likeness (QED) is 0.571. The van der Waals surface area contributed by atoms with Gasteiger partial charge in [0.1, 0.15) is 0 Å². The fourth-order valence-electron chi connectivity index (χ4n) is 5.00. The van der Waals surface area contributed by atoms with E-state index >= 15 is 0 Å². The van der Waals surface area contributed by atoms with E-state index in [1.54, 1.807) is 6.07 Å². The Morgan fingerprint density at radius 1 is 1.29 bits per heavy atom. The predicted molar refractivity (Wildman–Crippen MR) is 129 cm³/mol. The van der Waals surface area contributed by atoms with Crippen molar-refractivity contribution in [3.63, 3.8) is 0 Å². The summed E-state index contributed by atoms with van der Waals surface area (Å²) < 4.78 is 19.4. The number of hydrogen-bond donors (Lipinski definition) is 2. The zero-order chi connectivity index (χ0) is 25.1. The van der Waals surface area contributed by atoms with Crippen LogP contribution >= 0.6 is 0 Å². The Hall–Kier alpha value is -3.25. The fraction of sp³-hybridized carbons (Fsp3) is 0.520. The molecule has 34 heavy (non-hydrogen) atoms. The van der Waals surface area contributed by atoms with Gasteiger partial charge in [-0.15, -0.1) is 0 Å². The zero-order valence-corrected chi connectivity index (χ0v) is 20.7. The van der Waals surface area contributed by atoms with Crippen LogP contribution in [0.15, 0.2) is 24.4 Å². The maximum atomic E-state index is 14.6. The summed E-state index contributed by atoms with van der Waals surface area (Å²) in [7, 11) is 1.40. The molecule has 3 rings (SSSR count). The molecule has 182 valence electrons. The van der Waals surface area contributed by atoms with Gasteiger partial charge in [0, 0.05) is 29.4 Å². The van der Waals surface area contributed by atoms with Crippen molar-refractivity contribution in [1.82, 2.24) is 14.9 Å². The number of carbonyl (C=O) groups excluding carboxylic acids is 1. The summed E-state index contributed by atoms with van der Waals surface area (Å²) in [5.74, 6) is -0.392. The molecule has 1 saturated heterocycles. The van der Waals surface area contributed by atoms with Crippen LogP contribution < -0.4 is 10.6 Å². The summed E-state index contributed by atoms with van der Waals surface area (Å²) in [4.78, 5) is 22.4. The summed E-state index contributed by atoms with van der Waals surface area (Å²) in [6.07, 6.45) is 2.95. The minimum Gasteiger partial charge on any atom is -0.469 e. The van der Waals surface area contributed by atoms with Crippen molar-refractivity contribution in [2.45, 2.75) is 71.0 Å². The van der Waals surface area contributed by atoms with Gasteiger partial charge in [0.05, 0.1) is 31.4 Å². The Kier molecular flexibility index (Phi) is 7.41. The summed E-state index contributed by atoms with van der Waals surface area (Å²) in [6.45, 7) is 11.0. The van der Waals surface area contributed by atoms with Crippen LogP contribution in [-0.4, -0.2) is 51.6 Å². The number of carbonyl (C=O) groups is 1. The number of nitriles is 1. The molecule has 2 aromatic rings. The summed E-state index contributed by atoms with van der Waals surface area (Å²) in [6, 6.07) is 7.50. The topological polar surface area (TPSA) is 103 Å². The molecule has 0 bridgehead atoms. The lowest BCUT2D eigenvalue weighted by Gasteiger charge is -2.55. The molecule has 9 heteroatoms. The number of anilines is 3. The SMILES string of the molecule is COC(=O)CCN1C(C)(C)CC(Nc2nc(Nc3ccc(C)c(C#N)c3)ncc2F)CC1(C)C. The highest BCUT2D eigenvalue weighted by molar-refractivity contribution is 5.69. The van der Waals surface area contributed by atoms with Gasteiger partial charge in [-0.25, -0.2) is 9.37 Å². The molecule has 2 N–H and O–H groups in total. The minimum atomic E-state index is -0.532. The normalized spacial score (nSPS) is 17.6. The van der Waals surface area contributed by atoms with Gasteiger partial charge >= 0.3 is 5.97 Å². The van der Waals surface area contributed by atoms with E-state index in [1.807, 2.05) is 19.1 Å². The van der Waals surface area contributed by atoms with Crippen LogP contribution in [0.4, 0.5) is 21.8 Å².